The van der Waals surface area contributed by atoms with Crippen molar-refractivity contribution in [3.63, 3.8) is 0 Å². The molecule has 2 aromatic carbocycles. The lowest BCUT2D eigenvalue weighted by Crippen LogP contribution is -2.27. The summed E-state index contributed by atoms with van der Waals surface area (Å²) in [5, 5.41) is 13.5. The number of amides is 1. The molecule has 0 atom stereocenters. The lowest BCUT2D eigenvalue weighted by Gasteiger charge is -2.14. The van der Waals surface area contributed by atoms with Crippen molar-refractivity contribution in [1.29, 1.82) is 0 Å². The molecular formula is C18H17ClNO5-. The zero-order valence-electron chi connectivity index (χ0n) is 13.6. The van der Waals surface area contributed by atoms with E-state index in [1.807, 2.05) is 0 Å². The van der Waals surface area contributed by atoms with E-state index in [1.165, 1.54) is 0 Å². The minimum atomic E-state index is -1.27. The summed E-state index contributed by atoms with van der Waals surface area (Å²) in [6.07, 6.45) is -0.481. The molecule has 1 amide bonds. The predicted octanol–water partition coefficient (Wildman–Crippen LogP) is 2.29. The normalized spacial score (nSPS) is 10.2. The molecule has 0 aromatic heterocycles. The average molecular weight is 363 g/mol. The molecule has 0 aliphatic carbocycles. The number of aliphatic carboxylic acids is 1. The van der Waals surface area contributed by atoms with E-state index < -0.39 is 11.9 Å². The van der Waals surface area contributed by atoms with E-state index in [0.29, 0.717) is 27.8 Å². The molecule has 7 heteroatoms. The Morgan fingerprint density at radius 3 is 2.40 bits per heavy atom. The molecule has 132 valence electrons. The zero-order chi connectivity index (χ0) is 18.2. The number of carbonyl (C=O) groups excluding carboxylic acids is 2. The molecule has 0 bridgehead atoms. The molecule has 0 aliphatic heterocycles. The first-order valence-electron chi connectivity index (χ1n) is 7.55. The second kappa shape index (κ2) is 8.94. The van der Waals surface area contributed by atoms with Crippen LogP contribution in [-0.4, -0.2) is 19.0 Å². The summed E-state index contributed by atoms with van der Waals surface area (Å²) in [6, 6.07) is 12.2. The quantitative estimate of drug-likeness (QED) is 0.778. The number of rotatable bonds is 8. The van der Waals surface area contributed by atoms with Crippen LogP contribution in [0.3, 0.4) is 0 Å². The Bertz CT molecular complexity index is 746. The van der Waals surface area contributed by atoms with Gasteiger partial charge in [0.15, 0.2) is 0 Å². The molecule has 0 heterocycles. The van der Waals surface area contributed by atoms with Crippen LogP contribution in [0.1, 0.15) is 18.4 Å². The van der Waals surface area contributed by atoms with Gasteiger partial charge in [-0.2, -0.15) is 0 Å². The third-order valence-electron chi connectivity index (χ3n) is 3.38. The molecule has 0 fully saturated rings. The van der Waals surface area contributed by atoms with Gasteiger partial charge in [-0.15, -0.1) is 0 Å². The molecular weight excluding hydrogens is 346 g/mol. The van der Waals surface area contributed by atoms with Crippen LogP contribution >= 0.6 is 11.6 Å². The number of benzene rings is 2. The van der Waals surface area contributed by atoms with Gasteiger partial charge in [0.1, 0.15) is 17.2 Å². The summed E-state index contributed by atoms with van der Waals surface area (Å²) in [5.41, 5.74) is 0.599. The van der Waals surface area contributed by atoms with Crippen molar-refractivity contribution in [2.24, 2.45) is 0 Å². The van der Waals surface area contributed by atoms with Crippen molar-refractivity contribution in [2.75, 3.05) is 7.11 Å². The summed E-state index contributed by atoms with van der Waals surface area (Å²) in [7, 11) is 1.58. The highest BCUT2D eigenvalue weighted by atomic mass is 35.5. The maximum atomic E-state index is 11.7. The minimum absolute atomic E-state index is 0.122. The molecule has 0 saturated carbocycles. The number of ether oxygens (including phenoxy) is 2. The predicted molar refractivity (Wildman–Crippen MR) is 90.6 cm³/mol. The van der Waals surface area contributed by atoms with Crippen molar-refractivity contribution >= 4 is 23.5 Å². The largest absolute Gasteiger partial charge is 0.550 e. The van der Waals surface area contributed by atoms with Crippen LogP contribution in [0, 0.1) is 0 Å². The van der Waals surface area contributed by atoms with E-state index in [4.69, 9.17) is 21.1 Å². The van der Waals surface area contributed by atoms with Crippen LogP contribution in [0.5, 0.6) is 17.2 Å². The number of methoxy groups -OCH3 is 1. The van der Waals surface area contributed by atoms with Crippen LogP contribution in [-0.2, 0) is 16.1 Å². The van der Waals surface area contributed by atoms with Gasteiger partial charge in [-0.1, -0.05) is 17.7 Å². The van der Waals surface area contributed by atoms with Crippen LogP contribution in [0.2, 0.25) is 5.02 Å². The zero-order valence-corrected chi connectivity index (χ0v) is 14.3. The van der Waals surface area contributed by atoms with Crippen molar-refractivity contribution in [2.45, 2.75) is 19.4 Å². The van der Waals surface area contributed by atoms with Gasteiger partial charge in [0.25, 0.3) is 0 Å². The maximum Gasteiger partial charge on any atom is 0.220 e. The topological polar surface area (TPSA) is 87.7 Å². The number of halogens is 1. The van der Waals surface area contributed by atoms with Crippen LogP contribution in [0.15, 0.2) is 42.5 Å². The highest BCUT2D eigenvalue weighted by Gasteiger charge is 2.11. The number of hydrogen-bond donors (Lipinski definition) is 1. The molecule has 25 heavy (non-hydrogen) atoms. The second-order valence-corrected chi connectivity index (χ2v) is 5.55. The molecule has 2 rings (SSSR count). The lowest BCUT2D eigenvalue weighted by atomic mass is 10.2. The monoisotopic (exact) mass is 362 g/mol. The fourth-order valence-corrected chi connectivity index (χ4v) is 2.30. The number of nitrogens with one attached hydrogen (secondary N) is 1. The molecule has 0 aliphatic rings. The van der Waals surface area contributed by atoms with Crippen molar-refractivity contribution in [1.82, 2.24) is 5.32 Å². The van der Waals surface area contributed by atoms with Crippen LogP contribution < -0.4 is 19.9 Å². The maximum absolute atomic E-state index is 11.7. The van der Waals surface area contributed by atoms with Gasteiger partial charge in [0, 0.05) is 29.5 Å². The van der Waals surface area contributed by atoms with E-state index in [-0.39, 0.29) is 19.4 Å². The van der Waals surface area contributed by atoms with Gasteiger partial charge in [-0.3, -0.25) is 4.79 Å². The first-order valence-corrected chi connectivity index (χ1v) is 7.93. The van der Waals surface area contributed by atoms with Gasteiger partial charge >= 0.3 is 0 Å². The standard InChI is InChI=1S/C18H18ClNO5/c1-24-12-5-7-13(8-6-12)25-16-4-2-3-15(19)14(16)11-20-17(21)9-10-18(22)23/h2-8H,9-11H2,1H3,(H,20,21)(H,22,23)/p-1. The van der Waals surface area contributed by atoms with Gasteiger partial charge in [0.05, 0.1) is 7.11 Å². The lowest BCUT2D eigenvalue weighted by molar-refractivity contribution is -0.305. The Kier molecular flexibility index (Phi) is 6.65. The van der Waals surface area contributed by atoms with E-state index in [2.05, 4.69) is 5.32 Å². The van der Waals surface area contributed by atoms with Gasteiger partial charge in [-0.25, -0.2) is 0 Å². The number of carboxylic acid groups (broad SMARTS) is 1. The highest BCUT2D eigenvalue weighted by molar-refractivity contribution is 6.31. The first kappa shape index (κ1) is 18.6. The summed E-state index contributed by atoms with van der Waals surface area (Å²) < 4.78 is 10.9. The fraction of sp³-hybridized carbons (Fsp3) is 0.222. The molecule has 1 N–H and O–H groups in total. The third kappa shape index (κ3) is 5.69. The van der Waals surface area contributed by atoms with Gasteiger partial charge < -0.3 is 24.7 Å². The second-order valence-electron chi connectivity index (χ2n) is 5.14. The van der Waals surface area contributed by atoms with Gasteiger partial charge in [-0.05, 0) is 42.8 Å². The summed E-state index contributed by atoms with van der Waals surface area (Å²) in [6.45, 7) is 0.122. The van der Waals surface area contributed by atoms with E-state index in [0.717, 1.165) is 0 Å². The number of carboxylic acids is 1. The third-order valence-corrected chi connectivity index (χ3v) is 3.74. The van der Waals surface area contributed by atoms with Crippen LogP contribution in [0.4, 0.5) is 0 Å². The van der Waals surface area contributed by atoms with Crippen molar-refractivity contribution in [3.05, 3.63) is 53.1 Å². The Morgan fingerprint density at radius 1 is 1.08 bits per heavy atom. The Labute approximate surface area is 150 Å². The molecule has 2 aromatic rings. The Balaban J connectivity index is 2.07. The van der Waals surface area contributed by atoms with Crippen molar-refractivity contribution in [3.8, 4) is 17.2 Å². The highest BCUT2D eigenvalue weighted by Crippen LogP contribution is 2.31. The number of carbonyl (C=O) groups is 2. The van der Waals surface area contributed by atoms with E-state index in [1.54, 1.807) is 49.6 Å². The first-order chi connectivity index (χ1) is 12.0. The average Bonchev–Trinajstić information content (AvgIpc) is 2.60. The molecule has 0 spiro atoms. The Morgan fingerprint density at radius 2 is 1.76 bits per heavy atom. The Hall–Kier alpha value is -2.73. The smallest absolute Gasteiger partial charge is 0.220 e. The van der Waals surface area contributed by atoms with Crippen LogP contribution in [0.25, 0.3) is 0 Å². The SMILES string of the molecule is COc1ccc(Oc2cccc(Cl)c2CNC(=O)CCC(=O)[O-])cc1. The molecule has 0 radical (unpaired) electrons. The summed E-state index contributed by atoms with van der Waals surface area (Å²) in [4.78, 5) is 22.1. The van der Waals surface area contributed by atoms with E-state index in [9.17, 15) is 14.7 Å². The molecule has 0 unspecified atom stereocenters. The van der Waals surface area contributed by atoms with E-state index >= 15 is 0 Å². The molecule has 0 saturated heterocycles. The molecule has 6 nitrogen and oxygen atoms in total. The number of hydrogen-bond acceptors (Lipinski definition) is 5. The van der Waals surface area contributed by atoms with Gasteiger partial charge in [0.2, 0.25) is 5.91 Å². The summed E-state index contributed by atoms with van der Waals surface area (Å²) >= 11 is 6.20. The van der Waals surface area contributed by atoms with Crippen molar-refractivity contribution < 1.29 is 24.2 Å². The summed E-state index contributed by atoms with van der Waals surface area (Å²) in [5.74, 6) is 0.125. The minimum Gasteiger partial charge on any atom is -0.550 e. The fourth-order valence-electron chi connectivity index (χ4n) is 2.07.